The van der Waals surface area contributed by atoms with Gasteiger partial charge in [0.1, 0.15) is 5.82 Å². The second-order valence-electron chi connectivity index (χ2n) is 4.67. The second-order valence-corrected chi connectivity index (χ2v) is 5.52. The minimum Gasteiger partial charge on any atom is -0.349 e. The Kier molecular flexibility index (Phi) is 4.90. The number of carbonyl (C=O) groups excluding carboxylic acids is 1. The van der Waals surface area contributed by atoms with Crippen LogP contribution >= 0.6 is 15.9 Å². The van der Waals surface area contributed by atoms with Crippen LogP contribution < -0.4 is 5.32 Å². The van der Waals surface area contributed by atoms with E-state index in [1.165, 1.54) is 6.07 Å². The zero-order valence-electron chi connectivity index (χ0n) is 11.1. The topological polar surface area (TPSA) is 29.1 Å². The Morgan fingerprint density at radius 1 is 1.20 bits per heavy atom. The Morgan fingerprint density at radius 3 is 2.60 bits per heavy atom. The Morgan fingerprint density at radius 2 is 1.90 bits per heavy atom. The Balaban J connectivity index is 2.02. The van der Waals surface area contributed by atoms with Crippen molar-refractivity contribution in [3.8, 4) is 0 Å². The maximum absolute atomic E-state index is 13.8. The first-order chi connectivity index (χ1) is 9.58. The predicted octanol–water partition coefficient (Wildman–Crippen LogP) is 3.95. The summed E-state index contributed by atoms with van der Waals surface area (Å²) in [6.45, 7) is 1.90. The third kappa shape index (κ3) is 3.67. The second kappa shape index (κ2) is 6.66. The lowest BCUT2D eigenvalue weighted by Crippen LogP contribution is -2.34. The van der Waals surface area contributed by atoms with Crippen molar-refractivity contribution in [3.63, 3.8) is 0 Å². The van der Waals surface area contributed by atoms with Crippen LogP contribution in [-0.4, -0.2) is 11.9 Å². The van der Waals surface area contributed by atoms with Crippen LogP contribution in [0.25, 0.3) is 0 Å². The van der Waals surface area contributed by atoms with Gasteiger partial charge in [-0.3, -0.25) is 4.79 Å². The molecule has 1 unspecified atom stereocenters. The lowest BCUT2D eigenvalue weighted by atomic mass is 10.1. The van der Waals surface area contributed by atoms with E-state index in [0.29, 0.717) is 10.9 Å². The minimum absolute atomic E-state index is 0.0549. The quantitative estimate of drug-likeness (QED) is 0.900. The van der Waals surface area contributed by atoms with Gasteiger partial charge < -0.3 is 5.32 Å². The monoisotopic (exact) mass is 335 g/mol. The Labute approximate surface area is 126 Å². The molecule has 0 bridgehead atoms. The number of hydrogen-bond donors (Lipinski definition) is 1. The van der Waals surface area contributed by atoms with Gasteiger partial charge >= 0.3 is 0 Å². The molecule has 0 aromatic heterocycles. The van der Waals surface area contributed by atoms with Gasteiger partial charge in [0.15, 0.2) is 0 Å². The SMILES string of the molecule is CC(Cc1ccccc1)NC(=O)c1cccc(Br)c1F. The number of hydrogen-bond acceptors (Lipinski definition) is 1. The zero-order valence-corrected chi connectivity index (χ0v) is 12.7. The molecule has 0 aliphatic carbocycles. The molecule has 104 valence electrons. The predicted molar refractivity (Wildman–Crippen MR) is 81.2 cm³/mol. The van der Waals surface area contributed by atoms with Crippen molar-refractivity contribution in [2.75, 3.05) is 0 Å². The summed E-state index contributed by atoms with van der Waals surface area (Å²) in [5, 5.41) is 2.81. The molecule has 0 saturated heterocycles. The molecule has 2 aromatic carbocycles. The van der Waals surface area contributed by atoms with E-state index in [4.69, 9.17) is 0 Å². The minimum atomic E-state index is -0.531. The van der Waals surface area contributed by atoms with Crippen LogP contribution in [0.3, 0.4) is 0 Å². The zero-order chi connectivity index (χ0) is 14.5. The molecule has 0 aliphatic heterocycles. The highest BCUT2D eigenvalue weighted by atomic mass is 79.9. The molecule has 0 heterocycles. The number of amides is 1. The Hall–Kier alpha value is -1.68. The first-order valence-corrected chi connectivity index (χ1v) is 7.16. The van der Waals surface area contributed by atoms with Crippen molar-refractivity contribution >= 4 is 21.8 Å². The van der Waals surface area contributed by atoms with Crippen LogP contribution in [0.2, 0.25) is 0 Å². The number of rotatable bonds is 4. The summed E-state index contributed by atoms with van der Waals surface area (Å²) in [4.78, 5) is 12.0. The molecule has 20 heavy (non-hydrogen) atoms. The summed E-state index contributed by atoms with van der Waals surface area (Å²) in [5.41, 5.74) is 1.19. The average Bonchev–Trinajstić information content (AvgIpc) is 2.42. The molecule has 1 amide bonds. The van der Waals surface area contributed by atoms with Crippen molar-refractivity contribution in [2.24, 2.45) is 0 Å². The highest BCUT2D eigenvalue weighted by molar-refractivity contribution is 9.10. The van der Waals surface area contributed by atoms with Crippen LogP contribution in [0.4, 0.5) is 4.39 Å². The number of nitrogens with one attached hydrogen (secondary N) is 1. The molecule has 0 aliphatic rings. The normalized spacial score (nSPS) is 11.9. The van der Waals surface area contributed by atoms with E-state index >= 15 is 0 Å². The molecule has 2 aromatic rings. The van der Waals surface area contributed by atoms with E-state index in [-0.39, 0.29) is 11.6 Å². The molecule has 4 heteroatoms. The largest absolute Gasteiger partial charge is 0.349 e. The molecule has 0 spiro atoms. The van der Waals surface area contributed by atoms with Crippen LogP contribution in [-0.2, 0) is 6.42 Å². The number of halogens is 2. The van der Waals surface area contributed by atoms with Crippen molar-refractivity contribution < 1.29 is 9.18 Å². The fourth-order valence-corrected chi connectivity index (χ4v) is 2.37. The molecular weight excluding hydrogens is 321 g/mol. The molecule has 2 nitrogen and oxygen atoms in total. The van der Waals surface area contributed by atoms with Crippen LogP contribution in [0, 0.1) is 5.82 Å². The molecule has 0 radical (unpaired) electrons. The first kappa shape index (κ1) is 14.7. The fraction of sp³-hybridized carbons (Fsp3) is 0.188. The van der Waals surface area contributed by atoms with Crippen molar-refractivity contribution in [3.05, 3.63) is 69.9 Å². The van der Waals surface area contributed by atoms with Gasteiger partial charge in [0.2, 0.25) is 0 Å². The van der Waals surface area contributed by atoms with Crippen molar-refractivity contribution in [2.45, 2.75) is 19.4 Å². The third-order valence-corrected chi connectivity index (χ3v) is 3.57. The molecule has 1 N–H and O–H groups in total. The third-order valence-electron chi connectivity index (χ3n) is 2.96. The highest BCUT2D eigenvalue weighted by Crippen LogP contribution is 2.18. The fourth-order valence-electron chi connectivity index (χ4n) is 2.00. The van der Waals surface area contributed by atoms with Gasteiger partial charge in [-0.15, -0.1) is 0 Å². The number of benzene rings is 2. The van der Waals surface area contributed by atoms with Gasteiger partial charge in [0.05, 0.1) is 10.0 Å². The Bertz CT molecular complexity index is 601. The van der Waals surface area contributed by atoms with Crippen LogP contribution in [0.5, 0.6) is 0 Å². The highest BCUT2D eigenvalue weighted by Gasteiger charge is 2.15. The summed E-state index contributed by atoms with van der Waals surface area (Å²) in [6.07, 6.45) is 0.711. The van der Waals surface area contributed by atoms with E-state index in [1.807, 2.05) is 37.3 Å². The molecule has 1 atom stereocenters. The molecule has 2 rings (SSSR count). The summed E-state index contributed by atoms with van der Waals surface area (Å²) in [6, 6.07) is 14.5. The molecule has 0 fully saturated rings. The lowest BCUT2D eigenvalue weighted by Gasteiger charge is -2.14. The summed E-state index contributed by atoms with van der Waals surface area (Å²) in [7, 11) is 0. The van der Waals surface area contributed by atoms with E-state index in [0.717, 1.165) is 5.56 Å². The average molecular weight is 336 g/mol. The van der Waals surface area contributed by atoms with E-state index in [2.05, 4.69) is 21.2 Å². The van der Waals surface area contributed by atoms with E-state index < -0.39 is 11.7 Å². The molecule has 0 saturated carbocycles. The number of carbonyl (C=O) groups is 1. The molecular formula is C16H15BrFNO. The summed E-state index contributed by atoms with van der Waals surface area (Å²) >= 11 is 3.08. The van der Waals surface area contributed by atoms with Gasteiger partial charge in [-0.2, -0.15) is 0 Å². The standard InChI is InChI=1S/C16H15BrFNO/c1-11(10-12-6-3-2-4-7-12)19-16(20)13-8-5-9-14(17)15(13)18/h2-9,11H,10H2,1H3,(H,19,20). The van der Waals surface area contributed by atoms with Crippen molar-refractivity contribution in [1.82, 2.24) is 5.32 Å². The maximum atomic E-state index is 13.8. The van der Waals surface area contributed by atoms with Gasteiger partial charge in [0.25, 0.3) is 5.91 Å². The summed E-state index contributed by atoms with van der Waals surface area (Å²) in [5.74, 6) is -0.927. The maximum Gasteiger partial charge on any atom is 0.254 e. The van der Waals surface area contributed by atoms with Gasteiger partial charge in [-0.1, -0.05) is 36.4 Å². The van der Waals surface area contributed by atoms with Gasteiger partial charge in [-0.05, 0) is 47.0 Å². The van der Waals surface area contributed by atoms with Gasteiger partial charge in [-0.25, -0.2) is 4.39 Å². The smallest absolute Gasteiger partial charge is 0.254 e. The van der Waals surface area contributed by atoms with E-state index in [9.17, 15) is 9.18 Å². The van der Waals surface area contributed by atoms with Crippen LogP contribution in [0.15, 0.2) is 53.0 Å². The first-order valence-electron chi connectivity index (χ1n) is 6.36. The lowest BCUT2D eigenvalue weighted by molar-refractivity contribution is 0.0936. The van der Waals surface area contributed by atoms with Crippen molar-refractivity contribution in [1.29, 1.82) is 0 Å². The van der Waals surface area contributed by atoms with E-state index in [1.54, 1.807) is 12.1 Å². The van der Waals surface area contributed by atoms with Crippen LogP contribution in [0.1, 0.15) is 22.8 Å². The van der Waals surface area contributed by atoms with Gasteiger partial charge in [0, 0.05) is 6.04 Å². The summed E-state index contributed by atoms with van der Waals surface area (Å²) < 4.78 is 14.1.